The molecule has 1 aliphatic heterocycles. The number of ether oxygens (including phenoxy) is 1. The van der Waals surface area contributed by atoms with Crippen LogP contribution in [0.2, 0.25) is 0 Å². The van der Waals surface area contributed by atoms with E-state index in [1.165, 1.54) is 23.9 Å². The number of hydrogen-bond acceptors (Lipinski definition) is 5. The number of methoxy groups -OCH3 is 1. The first-order valence-electron chi connectivity index (χ1n) is 10.3. The van der Waals surface area contributed by atoms with Crippen molar-refractivity contribution in [1.29, 1.82) is 0 Å². The summed E-state index contributed by atoms with van der Waals surface area (Å²) in [5.41, 5.74) is -1.92. The van der Waals surface area contributed by atoms with Crippen LogP contribution in [-0.4, -0.2) is 52.2 Å². The van der Waals surface area contributed by atoms with E-state index in [9.17, 15) is 28.3 Å². The van der Waals surface area contributed by atoms with Crippen molar-refractivity contribution in [3.8, 4) is 5.75 Å². The predicted octanol–water partition coefficient (Wildman–Crippen LogP) is 1.79. The molecule has 2 aliphatic rings. The van der Waals surface area contributed by atoms with Gasteiger partial charge in [-0.2, -0.15) is 0 Å². The number of nitrogens with zero attached hydrogens (tertiary/aromatic N) is 2. The number of aromatic nitrogens is 1. The maximum absolute atomic E-state index is 13.8. The van der Waals surface area contributed by atoms with E-state index in [0.717, 1.165) is 25.3 Å². The summed E-state index contributed by atoms with van der Waals surface area (Å²) in [6.45, 7) is 0.701. The highest BCUT2D eigenvalue weighted by Gasteiger charge is 2.49. The molecule has 1 saturated carbocycles. The Bertz CT molecular complexity index is 1140. The molecular formula is C22H23F2N3O5. The zero-order valence-corrected chi connectivity index (χ0v) is 17.5. The van der Waals surface area contributed by atoms with E-state index in [2.05, 4.69) is 5.32 Å². The number of aromatic hydroxyl groups is 1. The fourth-order valence-electron chi connectivity index (χ4n) is 4.38. The Hall–Kier alpha value is -3.27. The molecule has 32 heavy (non-hydrogen) atoms. The van der Waals surface area contributed by atoms with Crippen molar-refractivity contribution >= 4 is 11.8 Å². The molecule has 1 aliphatic carbocycles. The third-order valence-corrected chi connectivity index (χ3v) is 6.24. The molecule has 2 heterocycles. The Balaban J connectivity index is 1.63. The van der Waals surface area contributed by atoms with E-state index >= 15 is 0 Å². The summed E-state index contributed by atoms with van der Waals surface area (Å²) in [5, 5.41) is 12.9. The lowest BCUT2D eigenvalue weighted by Crippen LogP contribution is -2.63. The standard InChI is InChI=1S/C22H23F2N3O5/c1-32-8-7-27-21(31)17-19(29)18(28)15(11-26(17)12-22(27)5-2-6-22)20(30)25-10-13-3-4-14(23)9-16(13)24/h3-4,9,11,29H,2,5-8,10,12H2,1H3,(H,25,30). The normalized spacial score (nSPS) is 16.6. The smallest absolute Gasteiger partial charge is 0.275 e. The van der Waals surface area contributed by atoms with Crippen LogP contribution in [0.3, 0.4) is 0 Å². The molecule has 170 valence electrons. The summed E-state index contributed by atoms with van der Waals surface area (Å²) in [6, 6.07) is 2.94. The van der Waals surface area contributed by atoms with Gasteiger partial charge in [-0.1, -0.05) is 6.07 Å². The number of nitrogens with one attached hydrogen (secondary N) is 1. The second-order valence-corrected chi connectivity index (χ2v) is 8.14. The zero-order chi connectivity index (χ0) is 23.0. The van der Waals surface area contributed by atoms with E-state index in [4.69, 9.17) is 4.74 Å². The Kier molecular flexibility index (Phi) is 5.72. The highest BCUT2D eigenvalue weighted by atomic mass is 19.1. The first-order chi connectivity index (χ1) is 15.3. The van der Waals surface area contributed by atoms with Gasteiger partial charge in [-0.3, -0.25) is 14.4 Å². The minimum absolute atomic E-state index is 0.0411. The molecule has 4 rings (SSSR count). The molecule has 0 atom stereocenters. The number of amides is 2. The second-order valence-electron chi connectivity index (χ2n) is 8.14. The first kappa shape index (κ1) is 21.9. The van der Waals surface area contributed by atoms with E-state index < -0.39 is 40.2 Å². The molecule has 1 aromatic heterocycles. The average molecular weight is 447 g/mol. The summed E-state index contributed by atoms with van der Waals surface area (Å²) >= 11 is 0. The number of benzene rings is 1. The quantitative estimate of drug-likeness (QED) is 0.703. The Morgan fingerprint density at radius 2 is 2.03 bits per heavy atom. The number of fused-ring (bicyclic) bond motifs is 1. The van der Waals surface area contributed by atoms with Gasteiger partial charge in [0.25, 0.3) is 11.8 Å². The van der Waals surface area contributed by atoms with Gasteiger partial charge in [0.2, 0.25) is 5.43 Å². The minimum atomic E-state index is -0.988. The number of rotatable bonds is 6. The molecule has 8 nitrogen and oxygen atoms in total. The molecule has 1 fully saturated rings. The lowest BCUT2D eigenvalue weighted by Gasteiger charge is -2.53. The summed E-state index contributed by atoms with van der Waals surface area (Å²) in [4.78, 5) is 40.1. The van der Waals surface area contributed by atoms with Crippen molar-refractivity contribution in [2.75, 3.05) is 20.3 Å². The van der Waals surface area contributed by atoms with Crippen LogP contribution in [0.25, 0.3) is 0 Å². The van der Waals surface area contributed by atoms with Gasteiger partial charge in [0.15, 0.2) is 11.4 Å². The summed E-state index contributed by atoms with van der Waals surface area (Å²) in [5.74, 6) is -3.69. The molecule has 2 aromatic rings. The van der Waals surface area contributed by atoms with E-state index in [1.807, 2.05) is 0 Å². The molecule has 1 spiro atoms. The van der Waals surface area contributed by atoms with Crippen LogP contribution in [0.5, 0.6) is 5.75 Å². The van der Waals surface area contributed by atoms with Gasteiger partial charge in [0.1, 0.15) is 17.2 Å². The molecule has 0 radical (unpaired) electrons. The van der Waals surface area contributed by atoms with E-state index in [1.54, 1.807) is 4.90 Å². The number of carbonyl (C=O) groups excluding carboxylic acids is 2. The van der Waals surface area contributed by atoms with Crippen molar-refractivity contribution < 1.29 is 28.2 Å². The number of carbonyl (C=O) groups is 2. The van der Waals surface area contributed by atoms with Crippen LogP contribution in [0.1, 0.15) is 45.7 Å². The van der Waals surface area contributed by atoms with Gasteiger partial charge in [-0.25, -0.2) is 8.78 Å². The first-order valence-corrected chi connectivity index (χ1v) is 10.3. The third-order valence-electron chi connectivity index (χ3n) is 6.24. The Labute approximate surface area is 182 Å². The topological polar surface area (TPSA) is 101 Å². The monoisotopic (exact) mass is 447 g/mol. The molecule has 2 N–H and O–H groups in total. The van der Waals surface area contributed by atoms with Crippen molar-refractivity contribution in [1.82, 2.24) is 14.8 Å². The molecule has 0 bridgehead atoms. The van der Waals surface area contributed by atoms with Crippen molar-refractivity contribution in [3.63, 3.8) is 0 Å². The highest BCUT2D eigenvalue weighted by Crippen LogP contribution is 2.43. The predicted molar refractivity (Wildman–Crippen MR) is 109 cm³/mol. The summed E-state index contributed by atoms with van der Waals surface area (Å²) < 4.78 is 33.4. The molecule has 1 aromatic carbocycles. The van der Waals surface area contributed by atoms with Gasteiger partial charge in [0, 0.05) is 44.6 Å². The number of hydrogen-bond donors (Lipinski definition) is 2. The molecular weight excluding hydrogens is 424 g/mol. The van der Waals surface area contributed by atoms with E-state index in [0.29, 0.717) is 25.8 Å². The van der Waals surface area contributed by atoms with Crippen LogP contribution < -0.4 is 10.7 Å². The van der Waals surface area contributed by atoms with Crippen molar-refractivity contribution in [2.45, 2.75) is 37.9 Å². The van der Waals surface area contributed by atoms with Crippen LogP contribution >= 0.6 is 0 Å². The fourth-order valence-corrected chi connectivity index (χ4v) is 4.38. The Morgan fingerprint density at radius 1 is 1.28 bits per heavy atom. The summed E-state index contributed by atoms with van der Waals surface area (Å²) in [6.07, 6.45) is 3.73. The number of halogens is 2. The zero-order valence-electron chi connectivity index (χ0n) is 17.5. The van der Waals surface area contributed by atoms with Crippen LogP contribution in [-0.2, 0) is 17.8 Å². The maximum atomic E-state index is 13.8. The largest absolute Gasteiger partial charge is 0.503 e. The SMILES string of the molecule is COCCN1C(=O)c2c(O)c(=O)c(C(=O)NCc3ccc(F)cc3F)cn2CC12CCC2. The molecule has 0 saturated heterocycles. The average Bonchev–Trinajstić information content (AvgIpc) is 2.73. The van der Waals surface area contributed by atoms with Gasteiger partial charge in [-0.15, -0.1) is 0 Å². The third kappa shape index (κ3) is 3.64. The van der Waals surface area contributed by atoms with Gasteiger partial charge in [0.05, 0.1) is 12.1 Å². The molecule has 2 amide bonds. The highest BCUT2D eigenvalue weighted by molar-refractivity contribution is 5.99. The van der Waals surface area contributed by atoms with Crippen LogP contribution in [0.4, 0.5) is 8.78 Å². The van der Waals surface area contributed by atoms with Crippen molar-refractivity contribution in [2.24, 2.45) is 0 Å². The maximum Gasteiger partial charge on any atom is 0.275 e. The van der Waals surface area contributed by atoms with Crippen LogP contribution in [0, 0.1) is 11.6 Å². The van der Waals surface area contributed by atoms with Gasteiger partial charge >= 0.3 is 0 Å². The number of pyridine rings is 1. The fraction of sp³-hybridized carbons (Fsp3) is 0.409. The van der Waals surface area contributed by atoms with Crippen LogP contribution in [0.15, 0.2) is 29.2 Å². The Morgan fingerprint density at radius 3 is 2.66 bits per heavy atom. The second kappa shape index (κ2) is 8.34. The molecule has 0 unspecified atom stereocenters. The lowest BCUT2D eigenvalue weighted by molar-refractivity contribution is -0.0157. The minimum Gasteiger partial charge on any atom is -0.503 e. The molecule has 10 heteroatoms. The van der Waals surface area contributed by atoms with Gasteiger partial charge < -0.3 is 24.6 Å². The summed E-state index contributed by atoms with van der Waals surface area (Å²) in [7, 11) is 1.53. The van der Waals surface area contributed by atoms with E-state index in [-0.39, 0.29) is 23.4 Å². The lowest BCUT2D eigenvalue weighted by atomic mass is 9.73. The van der Waals surface area contributed by atoms with Gasteiger partial charge in [-0.05, 0) is 25.3 Å². The van der Waals surface area contributed by atoms with Crippen molar-refractivity contribution in [3.05, 3.63) is 63.1 Å².